The van der Waals surface area contributed by atoms with Crippen molar-refractivity contribution in [3.8, 4) is 17.2 Å². The molecule has 0 fully saturated rings. The van der Waals surface area contributed by atoms with Gasteiger partial charge in [0.05, 0.1) is 21.3 Å². The average molecular weight is 365 g/mol. The van der Waals surface area contributed by atoms with E-state index < -0.39 is 0 Å². The van der Waals surface area contributed by atoms with E-state index >= 15 is 0 Å². The van der Waals surface area contributed by atoms with E-state index in [9.17, 15) is 0 Å². The highest BCUT2D eigenvalue weighted by Gasteiger charge is 2.23. The highest BCUT2D eigenvalue weighted by atomic mass is 79.9. The molecule has 2 aromatic carbocycles. The van der Waals surface area contributed by atoms with Gasteiger partial charge in [0, 0.05) is 16.0 Å². The Kier molecular flexibility index (Phi) is 5.35. The lowest BCUT2D eigenvalue weighted by Gasteiger charge is -2.22. The van der Waals surface area contributed by atoms with Crippen LogP contribution in [0, 0.1) is 6.92 Å². The standard InChI is InChI=1S/C18H21BrO3/c1-11-10-15(20-3)17(21-4)18(22-5)16(11)12(2)13-6-8-14(19)9-7-13/h6-10,12H,1-5H3. The van der Waals surface area contributed by atoms with Gasteiger partial charge in [-0.2, -0.15) is 0 Å². The smallest absolute Gasteiger partial charge is 0.203 e. The number of aryl methyl sites for hydroxylation is 1. The molecular formula is C18H21BrO3. The Labute approximate surface area is 140 Å². The van der Waals surface area contributed by atoms with Crippen molar-refractivity contribution >= 4 is 15.9 Å². The van der Waals surface area contributed by atoms with E-state index in [0.717, 1.165) is 21.3 Å². The van der Waals surface area contributed by atoms with Gasteiger partial charge in [0.2, 0.25) is 5.75 Å². The largest absolute Gasteiger partial charge is 0.493 e. The maximum absolute atomic E-state index is 5.64. The zero-order valence-electron chi connectivity index (χ0n) is 13.6. The zero-order valence-corrected chi connectivity index (χ0v) is 15.2. The molecule has 0 radical (unpaired) electrons. The predicted octanol–water partition coefficient (Wildman–Crippen LogP) is 4.94. The van der Waals surface area contributed by atoms with Crippen molar-refractivity contribution in [2.24, 2.45) is 0 Å². The molecule has 0 bridgehead atoms. The Morgan fingerprint density at radius 2 is 1.50 bits per heavy atom. The van der Waals surface area contributed by atoms with E-state index in [1.807, 2.05) is 18.2 Å². The molecule has 0 spiro atoms. The molecule has 2 rings (SSSR count). The highest BCUT2D eigenvalue weighted by Crippen LogP contribution is 2.46. The molecule has 4 heteroatoms. The quantitative estimate of drug-likeness (QED) is 0.752. The first-order valence-corrected chi connectivity index (χ1v) is 7.87. The first-order valence-electron chi connectivity index (χ1n) is 7.08. The average Bonchev–Trinajstić information content (AvgIpc) is 2.53. The molecule has 0 saturated carbocycles. The normalized spacial score (nSPS) is 11.9. The van der Waals surface area contributed by atoms with Crippen LogP contribution in [0.25, 0.3) is 0 Å². The van der Waals surface area contributed by atoms with Gasteiger partial charge in [-0.15, -0.1) is 0 Å². The van der Waals surface area contributed by atoms with E-state index in [1.165, 1.54) is 5.56 Å². The Hall–Kier alpha value is -1.68. The summed E-state index contributed by atoms with van der Waals surface area (Å²) >= 11 is 3.47. The lowest BCUT2D eigenvalue weighted by molar-refractivity contribution is 0.321. The van der Waals surface area contributed by atoms with Crippen LogP contribution >= 0.6 is 15.9 Å². The first-order chi connectivity index (χ1) is 10.5. The molecule has 3 nitrogen and oxygen atoms in total. The van der Waals surface area contributed by atoms with E-state index in [0.29, 0.717) is 11.5 Å². The van der Waals surface area contributed by atoms with Gasteiger partial charge < -0.3 is 14.2 Å². The molecule has 1 unspecified atom stereocenters. The van der Waals surface area contributed by atoms with Gasteiger partial charge in [0.25, 0.3) is 0 Å². The van der Waals surface area contributed by atoms with Gasteiger partial charge in [0.1, 0.15) is 0 Å². The number of rotatable bonds is 5. The van der Waals surface area contributed by atoms with Crippen molar-refractivity contribution in [1.82, 2.24) is 0 Å². The Bertz CT molecular complexity index is 650. The lowest BCUT2D eigenvalue weighted by atomic mass is 9.89. The van der Waals surface area contributed by atoms with Crippen molar-refractivity contribution in [2.75, 3.05) is 21.3 Å². The third-order valence-corrected chi connectivity index (χ3v) is 4.41. The van der Waals surface area contributed by atoms with E-state index in [4.69, 9.17) is 14.2 Å². The summed E-state index contributed by atoms with van der Waals surface area (Å²) in [5, 5.41) is 0. The fraction of sp³-hybridized carbons (Fsp3) is 0.333. The number of hydrogen-bond acceptors (Lipinski definition) is 3. The predicted molar refractivity (Wildman–Crippen MR) is 92.5 cm³/mol. The van der Waals surface area contributed by atoms with Gasteiger partial charge in [-0.25, -0.2) is 0 Å². The van der Waals surface area contributed by atoms with Gasteiger partial charge in [-0.1, -0.05) is 35.0 Å². The maximum Gasteiger partial charge on any atom is 0.203 e. The van der Waals surface area contributed by atoms with Crippen LogP contribution in [0.4, 0.5) is 0 Å². The first kappa shape index (κ1) is 16.7. The Balaban J connectivity index is 2.60. The molecule has 118 valence electrons. The van der Waals surface area contributed by atoms with Crippen molar-refractivity contribution in [2.45, 2.75) is 19.8 Å². The van der Waals surface area contributed by atoms with Gasteiger partial charge in [0.15, 0.2) is 11.5 Å². The topological polar surface area (TPSA) is 27.7 Å². The number of methoxy groups -OCH3 is 3. The van der Waals surface area contributed by atoms with Gasteiger partial charge in [-0.3, -0.25) is 0 Å². The minimum Gasteiger partial charge on any atom is -0.493 e. The molecule has 0 aliphatic rings. The second-order valence-electron chi connectivity index (χ2n) is 5.15. The second-order valence-corrected chi connectivity index (χ2v) is 6.06. The SMILES string of the molecule is COc1cc(C)c(C(C)c2ccc(Br)cc2)c(OC)c1OC. The lowest BCUT2D eigenvalue weighted by Crippen LogP contribution is -2.05. The van der Waals surface area contributed by atoms with Gasteiger partial charge in [-0.05, 0) is 36.2 Å². The summed E-state index contributed by atoms with van der Waals surface area (Å²) in [5.74, 6) is 2.23. The van der Waals surface area contributed by atoms with E-state index in [1.54, 1.807) is 21.3 Å². The molecule has 22 heavy (non-hydrogen) atoms. The molecular weight excluding hydrogens is 344 g/mol. The molecule has 0 heterocycles. The van der Waals surface area contributed by atoms with Crippen molar-refractivity contribution in [3.05, 3.63) is 51.5 Å². The molecule has 0 aliphatic carbocycles. The van der Waals surface area contributed by atoms with Crippen LogP contribution in [0.15, 0.2) is 34.8 Å². The van der Waals surface area contributed by atoms with Crippen molar-refractivity contribution < 1.29 is 14.2 Å². The minimum atomic E-state index is 0.183. The number of halogens is 1. The molecule has 0 amide bonds. The van der Waals surface area contributed by atoms with Crippen LogP contribution in [-0.4, -0.2) is 21.3 Å². The summed E-state index contributed by atoms with van der Waals surface area (Å²) < 4.78 is 17.6. The van der Waals surface area contributed by atoms with Crippen LogP contribution in [0.5, 0.6) is 17.2 Å². The van der Waals surface area contributed by atoms with E-state index in [-0.39, 0.29) is 5.92 Å². The van der Waals surface area contributed by atoms with Crippen molar-refractivity contribution in [1.29, 1.82) is 0 Å². The highest BCUT2D eigenvalue weighted by molar-refractivity contribution is 9.10. The summed E-state index contributed by atoms with van der Waals surface area (Å²) in [6.45, 7) is 4.23. The van der Waals surface area contributed by atoms with Crippen LogP contribution in [0.1, 0.15) is 29.5 Å². The molecule has 0 aromatic heterocycles. The number of ether oxygens (including phenoxy) is 3. The fourth-order valence-electron chi connectivity index (χ4n) is 2.76. The van der Waals surface area contributed by atoms with Crippen LogP contribution in [-0.2, 0) is 0 Å². The van der Waals surface area contributed by atoms with Crippen LogP contribution in [0.2, 0.25) is 0 Å². The van der Waals surface area contributed by atoms with Crippen molar-refractivity contribution in [3.63, 3.8) is 0 Å². The molecule has 1 atom stereocenters. The maximum atomic E-state index is 5.64. The monoisotopic (exact) mass is 364 g/mol. The number of hydrogen-bond donors (Lipinski definition) is 0. The Morgan fingerprint density at radius 3 is 2.00 bits per heavy atom. The summed E-state index contributed by atoms with van der Waals surface area (Å²) in [5.41, 5.74) is 3.45. The molecule has 0 saturated heterocycles. The summed E-state index contributed by atoms with van der Waals surface area (Å²) in [6.07, 6.45) is 0. The van der Waals surface area contributed by atoms with Gasteiger partial charge >= 0.3 is 0 Å². The molecule has 0 N–H and O–H groups in total. The van der Waals surface area contributed by atoms with Crippen LogP contribution in [0.3, 0.4) is 0 Å². The second kappa shape index (κ2) is 7.05. The van der Waals surface area contributed by atoms with E-state index in [2.05, 4.69) is 41.9 Å². The summed E-state index contributed by atoms with van der Waals surface area (Å²) in [4.78, 5) is 0. The Morgan fingerprint density at radius 1 is 0.909 bits per heavy atom. The summed E-state index contributed by atoms with van der Waals surface area (Å²) in [6, 6.07) is 10.3. The fourth-order valence-corrected chi connectivity index (χ4v) is 3.02. The van der Waals surface area contributed by atoms with Crippen LogP contribution < -0.4 is 14.2 Å². The number of benzene rings is 2. The molecule has 2 aromatic rings. The zero-order chi connectivity index (χ0) is 16.3. The third kappa shape index (κ3) is 3.07. The third-order valence-electron chi connectivity index (χ3n) is 3.88. The summed E-state index contributed by atoms with van der Waals surface area (Å²) in [7, 11) is 4.92. The minimum absolute atomic E-state index is 0.183. The molecule has 0 aliphatic heterocycles.